The summed E-state index contributed by atoms with van der Waals surface area (Å²) in [6.07, 6.45) is 0. The highest BCUT2D eigenvalue weighted by Gasteiger charge is 2.30. The topological polar surface area (TPSA) is 40.6 Å². The van der Waals surface area contributed by atoms with Crippen LogP contribution in [0.5, 0.6) is 0 Å². The first-order valence-corrected chi connectivity index (χ1v) is 11.2. The summed E-state index contributed by atoms with van der Waals surface area (Å²) in [4.78, 5) is 2.76. The maximum absolute atomic E-state index is 12.9. The summed E-state index contributed by atoms with van der Waals surface area (Å²) in [6, 6.07) is 15.3. The Hall–Kier alpha value is -1.85. The summed E-state index contributed by atoms with van der Waals surface area (Å²) in [7, 11) is -3.41. The van der Waals surface area contributed by atoms with E-state index in [1.165, 1.54) is 16.8 Å². The lowest BCUT2D eigenvalue weighted by Gasteiger charge is -2.38. The number of nitrogens with zero attached hydrogens (tertiary/aromatic N) is 2. The van der Waals surface area contributed by atoms with Gasteiger partial charge in [-0.2, -0.15) is 4.31 Å². The first-order valence-electron chi connectivity index (χ1n) is 9.75. The molecule has 1 heterocycles. The third-order valence-corrected chi connectivity index (χ3v) is 7.19. The molecule has 0 saturated carbocycles. The molecule has 0 bridgehead atoms. The summed E-state index contributed by atoms with van der Waals surface area (Å²) in [5.74, 6) is 0.870. The minimum absolute atomic E-state index is 0.379. The van der Waals surface area contributed by atoms with Crippen LogP contribution in [0.25, 0.3) is 0 Å². The van der Waals surface area contributed by atoms with Gasteiger partial charge in [0.05, 0.1) is 4.90 Å². The van der Waals surface area contributed by atoms with Crippen molar-refractivity contribution in [3.05, 3.63) is 59.7 Å². The number of benzene rings is 2. The first-order chi connectivity index (χ1) is 12.8. The van der Waals surface area contributed by atoms with E-state index in [9.17, 15) is 8.42 Å². The van der Waals surface area contributed by atoms with Gasteiger partial charge in [0.1, 0.15) is 0 Å². The average molecular weight is 387 g/mol. The Labute approximate surface area is 163 Å². The Bertz CT molecular complexity index is 842. The van der Waals surface area contributed by atoms with Crippen molar-refractivity contribution in [1.29, 1.82) is 0 Å². The molecule has 2 aromatic carbocycles. The largest absolute Gasteiger partial charge is 0.368 e. The molecule has 0 unspecified atom stereocenters. The van der Waals surface area contributed by atoms with Crippen molar-refractivity contribution < 1.29 is 8.42 Å². The molecule has 1 aliphatic heterocycles. The number of rotatable bonds is 5. The van der Waals surface area contributed by atoms with E-state index >= 15 is 0 Å². The summed E-state index contributed by atoms with van der Waals surface area (Å²) in [5.41, 5.74) is 4.00. The van der Waals surface area contributed by atoms with Gasteiger partial charge in [-0.25, -0.2) is 8.42 Å². The smallest absolute Gasteiger partial charge is 0.243 e. The van der Waals surface area contributed by atoms with Crippen LogP contribution in [-0.2, 0) is 10.0 Å². The molecule has 0 amide bonds. The van der Waals surface area contributed by atoms with Gasteiger partial charge in [-0.1, -0.05) is 64.1 Å². The molecule has 0 N–H and O–H groups in total. The number of anilines is 1. The van der Waals surface area contributed by atoms with E-state index in [1.54, 1.807) is 28.6 Å². The second-order valence-electron chi connectivity index (χ2n) is 7.80. The van der Waals surface area contributed by atoms with Gasteiger partial charge in [0, 0.05) is 31.9 Å². The predicted octanol–water partition coefficient (Wildman–Crippen LogP) is 4.44. The van der Waals surface area contributed by atoms with Crippen LogP contribution in [0.1, 0.15) is 50.7 Å². The van der Waals surface area contributed by atoms with Gasteiger partial charge in [-0.05, 0) is 35.1 Å². The van der Waals surface area contributed by atoms with Crippen LogP contribution in [0.2, 0.25) is 0 Å². The number of hydrogen-bond acceptors (Lipinski definition) is 3. The Morgan fingerprint density at radius 3 is 1.74 bits per heavy atom. The van der Waals surface area contributed by atoms with Crippen LogP contribution in [0.3, 0.4) is 0 Å². The van der Waals surface area contributed by atoms with E-state index in [4.69, 9.17) is 0 Å². The molecule has 0 aromatic heterocycles. The normalized spacial score (nSPS) is 16.3. The molecule has 2 aromatic rings. The van der Waals surface area contributed by atoms with Gasteiger partial charge < -0.3 is 4.90 Å². The molecular formula is C22H30N2O2S. The number of sulfonamides is 1. The van der Waals surface area contributed by atoms with Crippen molar-refractivity contribution in [3.63, 3.8) is 0 Å². The predicted molar refractivity (Wildman–Crippen MR) is 112 cm³/mol. The van der Waals surface area contributed by atoms with Crippen LogP contribution in [0.4, 0.5) is 5.69 Å². The van der Waals surface area contributed by atoms with E-state index in [1.807, 2.05) is 6.07 Å². The van der Waals surface area contributed by atoms with Crippen molar-refractivity contribution >= 4 is 15.7 Å². The highest BCUT2D eigenvalue weighted by molar-refractivity contribution is 7.89. The zero-order valence-corrected chi connectivity index (χ0v) is 17.5. The molecule has 5 heteroatoms. The van der Waals surface area contributed by atoms with E-state index < -0.39 is 10.0 Å². The molecule has 27 heavy (non-hydrogen) atoms. The van der Waals surface area contributed by atoms with Crippen LogP contribution >= 0.6 is 0 Å². The van der Waals surface area contributed by atoms with Gasteiger partial charge in [-0.15, -0.1) is 0 Å². The minimum atomic E-state index is -3.41. The van der Waals surface area contributed by atoms with Gasteiger partial charge in [0.2, 0.25) is 10.0 Å². The van der Waals surface area contributed by atoms with Gasteiger partial charge in [0.15, 0.2) is 0 Å². The molecule has 0 atom stereocenters. The highest BCUT2D eigenvalue weighted by atomic mass is 32.2. The Morgan fingerprint density at radius 2 is 1.26 bits per heavy atom. The Kier molecular flexibility index (Phi) is 5.92. The first kappa shape index (κ1) is 19.9. The molecule has 1 fully saturated rings. The summed E-state index contributed by atoms with van der Waals surface area (Å²) in [6.45, 7) is 11.4. The maximum Gasteiger partial charge on any atom is 0.243 e. The van der Waals surface area contributed by atoms with Crippen LogP contribution in [-0.4, -0.2) is 38.9 Å². The lowest BCUT2D eigenvalue weighted by atomic mass is 9.91. The SMILES string of the molecule is CC(C)c1cccc(C(C)C)c1N1CCN(S(=O)(=O)c2ccccc2)CC1. The van der Waals surface area contributed by atoms with Crippen molar-refractivity contribution in [2.75, 3.05) is 31.1 Å². The third kappa shape index (κ3) is 4.04. The summed E-state index contributed by atoms with van der Waals surface area (Å²) in [5, 5.41) is 0. The molecule has 0 spiro atoms. The summed E-state index contributed by atoms with van der Waals surface area (Å²) >= 11 is 0. The quantitative estimate of drug-likeness (QED) is 0.762. The molecule has 3 rings (SSSR count). The zero-order chi connectivity index (χ0) is 19.6. The zero-order valence-electron chi connectivity index (χ0n) is 16.7. The Balaban J connectivity index is 1.85. The molecule has 1 aliphatic rings. The number of para-hydroxylation sites is 1. The second-order valence-corrected chi connectivity index (χ2v) is 9.74. The van der Waals surface area contributed by atoms with E-state index in [-0.39, 0.29) is 0 Å². The van der Waals surface area contributed by atoms with Gasteiger partial charge in [-0.3, -0.25) is 0 Å². The fraction of sp³-hybridized carbons (Fsp3) is 0.455. The average Bonchev–Trinajstić information content (AvgIpc) is 2.68. The molecule has 1 saturated heterocycles. The lowest BCUT2D eigenvalue weighted by molar-refractivity contribution is 0.384. The fourth-order valence-corrected chi connectivity index (χ4v) is 5.21. The number of hydrogen-bond donors (Lipinski definition) is 0. The third-order valence-electron chi connectivity index (χ3n) is 5.28. The fourth-order valence-electron chi connectivity index (χ4n) is 3.77. The van der Waals surface area contributed by atoms with E-state index in [0.717, 1.165) is 13.1 Å². The van der Waals surface area contributed by atoms with Crippen molar-refractivity contribution in [3.8, 4) is 0 Å². The standard InChI is InChI=1S/C22H30N2O2S/c1-17(2)20-11-8-12-21(18(3)4)22(20)23-13-15-24(16-14-23)27(25,26)19-9-6-5-7-10-19/h5-12,17-18H,13-16H2,1-4H3. The molecule has 0 radical (unpaired) electrons. The second kappa shape index (κ2) is 8.03. The van der Waals surface area contributed by atoms with Crippen LogP contribution in [0, 0.1) is 0 Å². The molecular weight excluding hydrogens is 356 g/mol. The maximum atomic E-state index is 12.9. The lowest BCUT2D eigenvalue weighted by Crippen LogP contribution is -2.49. The van der Waals surface area contributed by atoms with E-state index in [0.29, 0.717) is 29.8 Å². The van der Waals surface area contributed by atoms with Crippen LogP contribution < -0.4 is 4.90 Å². The summed E-state index contributed by atoms with van der Waals surface area (Å²) < 4.78 is 27.4. The number of piperazine rings is 1. The van der Waals surface area contributed by atoms with Crippen molar-refractivity contribution in [2.45, 2.75) is 44.4 Å². The molecule has 4 nitrogen and oxygen atoms in total. The highest BCUT2D eigenvalue weighted by Crippen LogP contribution is 2.36. The minimum Gasteiger partial charge on any atom is -0.368 e. The van der Waals surface area contributed by atoms with E-state index in [2.05, 4.69) is 50.8 Å². The Morgan fingerprint density at radius 1 is 0.741 bits per heavy atom. The van der Waals surface area contributed by atoms with Crippen molar-refractivity contribution in [2.24, 2.45) is 0 Å². The molecule has 146 valence electrons. The van der Waals surface area contributed by atoms with Gasteiger partial charge in [0.25, 0.3) is 0 Å². The molecule has 0 aliphatic carbocycles. The van der Waals surface area contributed by atoms with Crippen LogP contribution in [0.15, 0.2) is 53.4 Å². The van der Waals surface area contributed by atoms with Crippen molar-refractivity contribution in [1.82, 2.24) is 4.31 Å². The van der Waals surface area contributed by atoms with Gasteiger partial charge >= 0.3 is 0 Å². The monoisotopic (exact) mass is 386 g/mol.